The van der Waals surface area contributed by atoms with Crippen molar-refractivity contribution in [2.24, 2.45) is 7.05 Å². The molecule has 1 amide bonds. The van der Waals surface area contributed by atoms with Gasteiger partial charge in [0.15, 0.2) is 0 Å². The molecule has 0 fully saturated rings. The third kappa shape index (κ3) is 4.62. The van der Waals surface area contributed by atoms with Crippen molar-refractivity contribution < 1.29 is 13.2 Å². The van der Waals surface area contributed by atoms with Crippen molar-refractivity contribution in [3.8, 4) is 0 Å². The van der Waals surface area contributed by atoms with Gasteiger partial charge in [0.25, 0.3) is 5.56 Å². The van der Waals surface area contributed by atoms with E-state index in [1.54, 1.807) is 7.05 Å². The van der Waals surface area contributed by atoms with Gasteiger partial charge in [0, 0.05) is 48.3 Å². The Morgan fingerprint density at radius 2 is 2.07 bits per heavy atom. The lowest BCUT2D eigenvalue weighted by Crippen LogP contribution is -2.35. The standard InChI is InChI=1S/C16H18BrN5O4S/c1-21-4-3-12(7-15(21)24)20-14(23)9-22(2)27(25,26)13-6-11(17)5-10(8-18)16(13)19/h3-8,18H,9,19H2,1-2H3,(H,20,23). The van der Waals surface area contributed by atoms with Crippen LogP contribution in [0.15, 0.2) is 44.6 Å². The van der Waals surface area contributed by atoms with E-state index in [2.05, 4.69) is 21.2 Å². The summed E-state index contributed by atoms with van der Waals surface area (Å²) in [7, 11) is -1.27. The van der Waals surface area contributed by atoms with Gasteiger partial charge in [0.2, 0.25) is 15.9 Å². The number of nitrogens with two attached hydrogens (primary N) is 1. The molecule has 0 radical (unpaired) electrons. The summed E-state index contributed by atoms with van der Waals surface area (Å²) in [5.74, 6) is -0.616. The molecular weight excluding hydrogens is 438 g/mol. The number of hydrogen-bond acceptors (Lipinski definition) is 6. The zero-order valence-electron chi connectivity index (χ0n) is 14.6. The predicted octanol–water partition coefficient (Wildman–Crippen LogP) is 0.987. The highest BCUT2D eigenvalue weighted by Gasteiger charge is 2.26. The molecule has 1 aromatic carbocycles. The van der Waals surface area contributed by atoms with Gasteiger partial charge in [0.05, 0.1) is 12.2 Å². The molecule has 0 saturated heterocycles. The molecule has 9 nitrogen and oxygen atoms in total. The first-order chi connectivity index (χ1) is 12.6. The first-order valence-electron chi connectivity index (χ1n) is 7.58. The van der Waals surface area contributed by atoms with Crippen LogP contribution in [0.1, 0.15) is 5.56 Å². The first kappa shape index (κ1) is 20.8. The Balaban J connectivity index is 2.23. The summed E-state index contributed by atoms with van der Waals surface area (Å²) in [5, 5.41) is 9.81. The molecule has 0 aliphatic heterocycles. The van der Waals surface area contributed by atoms with E-state index in [4.69, 9.17) is 11.1 Å². The summed E-state index contributed by atoms with van der Waals surface area (Å²) >= 11 is 3.18. The van der Waals surface area contributed by atoms with Crippen LogP contribution in [0.5, 0.6) is 0 Å². The quantitative estimate of drug-likeness (QED) is 0.440. The second-order valence-electron chi connectivity index (χ2n) is 5.72. The number of amides is 1. The van der Waals surface area contributed by atoms with Gasteiger partial charge in [0.1, 0.15) is 4.90 Å². The highest BCUT2D eigenvalue weighted by molar-refractivity contribution is 9.10. The number of pyridine rings is 1. The normalized spacial score (nSPS) is 11.4. The van der Waals surface area contributed by atoms with Crippen LogP contribution in [-0.4, -0.2) is 43.0 Å². The van der Waals surface area contributed by atoms with Crippen molar-refractivity contribution in [1.82, 2.24) is 8.87 Å². The maximum absolute atomic E-state index is 12.8. The Hall–Kier alpha value is -2.50. The van der Waals surface area contributed by atoms with E-state index in [0.29, 0.717) is 4.47 Å². The Morgan fingerprint density at radius 1 is 1.41 bits per heavy atom. The number of nitrogen functional groups attached to an aromatic ring is 1. The second kappa shape index (κ2) is 8.03. The molecule has 144 valence electrons. The maximum Gasteiger partial charge on any atom is 0.252 e. The molecule has 0 aliphatic carbocycles. The number of aromatic nitrogens is 1. The SMILES string of the molecule is CN(CC(=O)Nc1ccn(C)c(=O)c1)S(=O)(=O)c1cc(Br)cc(C=N)c1N. The Kier molecular flexibility index (Phi) is 6.19. The lowest BCUT2D eigenvalue weighted by Gasteiger charge is -2.19. The van der Waals surface area contributed by atoms with Crippen LogP contribution in [0, 0.1) is 5.41 Å². The van der Waals surface area contributed by atoms with Crippen LogP contribution in [0.4, 0.5) is 11.4 Å². The summed E-state index contributed by atoms with van der Waals surface area (Å²) in [4.78, 5) is 23.5. The fraction of sp³-hybridized carbons (Fsp3) is 0.188. The Bertz CT molecular complexity index is 1060. The van der Waals surface area contributed by atoms with Gasteiger partial charge in [-0.3, -0.25) is 9.59 Å². The van der Waals surface area contributed by atoms with Crippen LogP contribution < -0.4 is 16.6 Å². The van der Waals surface area contributed by atoms with Gasteiger partial charge < -0.3 is 21.0 Å². The number of sulfonamides is 1. The predicted molar refractivity (Wildman–Crippen MR) is 107 cm³/mol. The van der Waals surface area contributed by atoms with E-state index in [1.807, 2.05) is 0 Å². The van der Waals surface area contributed by atoms with Gasteiger partial charge in [-0.05, 0) is 18.2 Å². The summed E-state index contributed by atoms with van der Waals surface area (Å²) in [5.41, 5.74) is 5.97. The summed E-state index contributed by atoms with van der Waals surface area (Å²) in [6.07, 6.45) is 2.43. The fourth-order valence-corrected chi connectivity index (χ4v) is 4.15. The van der Waals surface area contributed by atoms with E-state index >= 15 is 0 Å². The molecule has 0 saturated carbocycles. The van der Waals surface area contributed by atoms with Crippen molar-refractivity contribution in [2.45, 2.75) is 4.90 Å². The highest BCUT2D eigenvalue weighted by atomic mass is 79.9. The van der Waals surface area contributed by atoms with Crippen molar-refractivity contribution in [2.75, 3.05) is 24.6 Å². The average molecular weight is 456 g/mol. The number of anilines is 2. The lowest BCUT2D eigenvalue weighted by atomic mass is 10.2. The number of nitrogens with one attached hydrogen (secondary N) is 2. The van der Waals surface area contributed by atoms with Crippen LogP contribution in [0.25, 0.3) is 0 Å². The number of carbonyl (C=O) groups is 1. The average Bonchev–Trinajstić information content (AvgIpc) is 2.59. The van der Waals surface area contributed by atoms with E-state index in [9.17, 15) is 18.0 Å². The molecule has 0 spiro atoms. The topological polar surface area (TPSA) is 138 Å². The molecule has 4 N–H and O–H groups in total. The van der Waals surface area contributed by atoms with Crippen molar-refractivity contribution in [3.05, 3.63) is 50.9 Å². The third-order valence-electron chi connectivity index (χ3n) is 3.74. The molecule has 0 aliphatic rings. The lowest BCUT2D eigenvalue weighted by molar-refractivity contribution is -0.116. The van der Waals surface area contributed by atoms with E-state index < -0.39 is 22.5 Å². The van der Waals surface area contributed by atoms with Crippen LogP contribution in [-0.2, 0) is 21.9 Å². The van der Waals surface area contributed by atoms with Crippen molar-refractivity contribution >= 4 is 49.4 Å². The molecule has 27 heavy (non-hydrogen) atoms. The molecule has 11 heteroatoms. The van der Waals surface area contributed by atoms with Crippen molar-refractivity contribution in [1.29, 1.82) is 5.41 Å². The number of benzene rings is 1. The molecule has 0 unspecified atom stereocenters. The monoisotopic (exact) mass is 455 g/mol. The zero-order valence-corrected chi connectivity index (χ0v) is 17.0. The van der Waals surface area contributed by atoms with E-state index in [1.165, 1.54) is 42.1 Å². The van der Waals surface area contributed by atoms with E-state index in [-0.39, 0.29) is 27.4 Å². The number of nitrogens with zero attached hydrogens (tertiary/aromatic N) is 2. The molecule has 0 bridgehead atoms. The van der Waals surface area contributed by atoms with Gasteiger partial charge >= 0.3 is 0 Å². The zero-order chi connectivity index (χ0) is 20.4. The van der Waals surface area contributed by atoms with E-state index in [0.717, 1.165) is 10.5 Å². The Morgan fingerprint density at radius 3 is 2.67 bits per heavy atom. The van der Waals surface area contributed by atoms with Crippen LogP contribution in [0.2, 0.25) is 0 Å². The minimum atomic E-state index is -4.08. The fourth-order valence-electron chi connectivity index (χ4n) is 2.23. The summed E-state index contributed by atoms with van der Waals surface area (Å²) in [6, 6.07) is 5.59. The van der Waals surface area contributed by atoms with Gasteiger partial charge in [-0.2, -0.15) is 4.31 Å². The molecule has 2 aromatic rings. The minimum Gasteiger partial charge on any atom is -0.397 e. The minimum absolute atomic E-state index is 0.0768. The second-order valence-corrected chi connectivity index (χ2v) is 8.65. The number of aryl methyl sites for hydroxylation is 1. The largest absolute Gasteiger partial charge is 0.397 e. The number of likely N-dealkylation sites (N-methyl/N-ethyl adjacent to an activating group) is 1. The van der Waals surface area contributed by atoms with Crippen molar-refractivity contribution in [3.63, 3.8) is 0 Å². The maximum atomic E-state index is 12.8. The number of carbonyl (C=O) groups excluding carboxylic acids is 1. The number of hydrogen-bond donors (Lipinski definition) is 3. The number of halogens is 1. The molecule has 0 atom stereocenters. The third-order valence-corrected chi connectivity index (χ3v) is 6.04. The summed E-state index contributed by atoms with van der Waals surface area (Å²) in [6.45, 7) is -0.483. The van der Waals surface area contributed by atoms with Crippen LogP contribution in [0.3, 0.4) is 0 Å². The highest BCUT2D eigenvalue weighted by Crippen LogP contribution is 2.28. The molecule has 1 aromatic heterocycles. The molecular formula is C16H18BrN5O4S. The van der Waals surface area contributed by atoms with Gasteiger partial charge in [-0.25, -0.2) is 8.42 Å². The Labute approximate surface area is 164 Å². The molecule has 1 heterocycles. The first-order valence-corrected chi connectivity index (χ1v) is 9.82. The number of rotatable bonds is 6. The van der Waals surface area contributed by atoms with Crippen LogP contribution >= 0.6 is 15.9 Å². The van der Waals surface area contributed by atoms with Gasteiger partial charge in [-0.15, -0.1) is 0 Å². The molecule has 2 rings (SSSR count). The van der Waals surface area contributed by atoms with Gasteiger partial charge in [-0.1, -0.05) is 15.9 Å². The smallest absolute Gasteiger partial charge is 0.252 e. The summed E-state index contributed by atoms with van der Waals surface area (Å²) < 4.78 is 28.2.